The molecule has 0 saturated carbocycles. The highest BCUT2D eigenvalue weighted by Crippen LogP contribution is 2.59. The Morgan fingerprint density at radius 3 is 2.00 bits per heavy atom. The zero-order valence-corrected chi connectivity index (χ0v) is 29.1. The highest BCUT2D eigenvalue weighted by molar-refractivity contribution is 7.26. The van der Waals surface area contributed by atoms with Crippen LogP contribution in [-0.4, -0.2) is 9.97 Å². The standard InChI is InChI=1S/C47H30N4S/c1-29-15-14-25-37-43(29)48-47(49-44(37)31-17-4-2-5-18-31)51-45-42(35-23-11-10-22-34(35)40-36-24-12-13-26-39(36)52-46(40)45)41-33-21-9-8-16-30(33)27-28-38(41)50(51)32-19-6-3-7-20-32/h2-28H,1H3. The second-order valence-corrected chi connectivity index (χ2v) is 14.5. The Kier molecular flexibility index (Phi) is 6.30. The predicted octanol–water partition coefficient (Wildman–Crippen LogP) is 13.2. The SMILES string of the molecule is Cc1cccc2c(-c3ccccc3)nc(N3c4c(c5ccccc5c5c4sc4ccccc45)-c4c(ccc5ccccc45)N3c3ccccc3)nc12. The lowest BCUT2D eigenvalue weighted by atomic mass is 9.87. The van der Waals surface area contributed by atoms with Gasteiger partial charge < -0.3 is 0 Å². The molecular weight excluding hydrogens is 653 g/mol. The molecule has 0 atom stereocenters. The van der Waals surface area contributed by atoms with E-state index in [2.05, 4.69) is 181 Å². The molecule has 0 unspecified atom stereocenters. The van der Waals surface area contributed by atoms with Gasteiger partial charge in [-0.1, -0.05) is 140 Å². The van der Waals surface area contributed by atoms with Gasteiger partial charge >= 0.3 is 0 Å². The fourth-order valence-electron chi connectivity index (χ4n) is 8.21. The van der Waals surface area contributed by atoms with Crippen molar-refractivity contribution in [2.75, 3.05) is 10.0 Å². The molecule has 10 aromatic rings. The summed E-state index contributed by atoms with van der Waals surface area (Å²) in [5.41, 5.74) is 9.64. The molecular formula is C47H30N4S. The Morgan fingerprint density at radius 1 is 0.500 bits per heavy atom. The van der Waals surface area contributed by atoms with E-state index in [0.29, 0.717) is 5.95 Å². The van der Waals surface area contributed by atoms with Crippen molar-refractivity contribution < 1.29 is 0 Å². The molecule has 3 heterocycles. The van der Waals surface area contributed by atoms with Crippen LogP contribution in [0.1, 0.15) is 5.56 Å². The summed E-state index contributed by atoms with van der Waals surface area (Å²) in [6.45, 7) is 2.14. The maximum atomic E-state index is 5.56. The minimum Gasteiger partial charge on any atom is -0.246 e. The monoisotopic (exact) mass is 682 g/mol. The number of thiophene rings is 1. The molecule has 11 rings (SSSR count). The maximum Gasteiger partial charge on any atom is 0.251 e. The van der Waals surface area contributed by atoms with Crippen molar-refractivity contribution in [1.82, 2.24) is 9.97 Å². The van der Waals surface area contributed by atoms with Crippen molar-refractivity contribution in [1.29, 1.82) is 0 Å². The summed E-state index contributed by atoms with van der Waals surface area (Å²) < 4.78 is 2.47. The zero-order chi connectivity index (χ0) is 34.3. The van der Waals surface area contributed by atoms with Gasteiger partial charge in [-0.15, -0.1) is 11.3 Å². The molecule has 2 aromatic heterocycles. The van der Waals surface area contributed by atoms with E-state index in [1.807, 2.05) is 11.3 Å². The van der Waals surface area contributed by atoms with Crippen molar-refractivity contribution in [3.05, 3.63) is 169 Å². The van der Waals surface area contributed by atoms with Crippen LogP contribution in [0.4, 0.5) is 23.0 Å². The van der Waals surface area contributed by atoms with Crippen molar-refractivity contribution in [2.24, 2.45) is 0 Å². The third kappa shape index (κ3) is 4.14. The molecule has 8 aromatic carbocycles. The molecule has 0 aliphatic carbocycles. The number of hydrogen-bond donors (Lipinski definition) is 0. The van der Waals surface area contributed by atoms with E-state index in [4.69, 9.17) is 9.97 Å². The number of rotatable bonds is 3. The lowest BCUT2D eigenvalue weighted by Gasteiger charge is -2.43. The second kappa shape index (κ2) is 11.2. The summed E-state index contributed by atoms with van der Waals surface area (Å²) in [6.07, 6.45) is 0. The van der Waals surface area contributed by atoms with Crippen LogP contribution in [0.2, 0.25) is 0 Å². The Labute approximate surface area is 304 Å². The lowest BCUT2D eigenvalue weighted by molar-refractivity contribution is 0.932. The van der Waals surface area contributed by atoms with Gasteiger partial charge in [-0.05, 0) is 58.3 Å². The van der Waals surface area contributed by atoms with Gasteiger partial charge in [-0.2, -0.15) is 0 Å². The Balaban J connectivity index is 1.38. The fourth-order valence-corrected chi connectivity index (χ4v) is 9.46. The number of hydrogen-bond acceptors (Lipinski definition) is 5. The van der Waals surface area contributed by atoms with Crippen LogP contribution >= 0.6 is 11.3 Å². The van der Waals surface area contributed by atoms with Gasteiger partial charge in [-0.3, -0.25) is 0 Å². The van der Waals surface area contributed by atoms with Crippen molar-refractivity contribution in [3.8, 4) is 22.4 Å². The number of aromatic nitrogens is 2. The number of para-hydroxylation sites is 2. The summed E-state index contributed by atoms with van der Waals surface area (Å²) in [5, 5.41) is 13.1. The van der Waals surface area contributed by atoms with Crippen LogP contribution in [0.15, 0.2) is 164 Å². The number of aryl methyl sites for hydroxylation is 1. The van der Waals surface area contributed by atoms with Crippen molar-refractivity contribution >= 4 is 87.0 Å². The highest BCUT2D eigenvalue weighted by atomic mass is 32.1. The summed E-state index contributed by atoms with van der Waals surface area (Å²) in [7, 11) is 0. The van der Waals surface area contributed by atoms with Gasteiger partial charge in [0.25, 0.3) is 5.95 Å². The van der Waals surface area contributed by atoms with E-state index in [-0.39, 0.29) is 0 Å². The fraction of sp³-hybridized carbons (Fsp3) is 0.0213. The Morgan fingerprint density at radius 2 is 1.17 bits per heavy atom. The molecule has 0 bridgehead atoms. The molecule has 0 radical (unpaired) electrons. The van der Waals surface area contributed by atoms with Crippen molar-refractivity contribution in [2.45, 2.75) is 6.92 Å². The van der Waals surface area contributed by atoms with E-state index in [0.717, 1.165) is 44.8 Å². The van der Waals surface area contributed by atoms with E-state index in [1.54, 1.807) is 0 Å². The van der Waals surface area contributed by atoms with Crippen LogP contribution in [0.25, 0.3) is 75.0 Å². The van der Waals surface area contributed by atoms with E-state index < -0.39 is 0 Å². The summed E-state index contributed by atoms with van der Waals surface area (Å²) >= 11 is 1.85. The third-order valence-electron chi connectivity index (χ3n) is 10.5. The molecule has 1 aliphatic heterocycles. The third-order valence-corrected chi connectivity index (χ3v) is 11.6. The topological polar surface area (TPSA) is 32.3 Å². The number of benzene rings is 8. The maximum absolute atomic E-state index is 5.56. The van der Waals surface area contributed by atoms with E-state index in [1.165, 1.54) is 52.8 Å². The van der Waals surface area contributed by atoms with Crippen LogP contribution in [0.5, 0.6) is 0 Å². The van der Waals surface area contributed by atoms with Crippen LogP contribution in [-0.2, 0) is 0 Å². The summed E-state index contributed by atoms with van der Waals surface area (Å²) in [4.78, 5) is 11.1. The minimum absolute atomic E-state index is 0.624. The molecule has 1 aliphatic rings. The molecule has 0 fully saturated rings. The summed E-state index contributed by atoms with van der Waals surface area (Å²) in [6, 6.07) is 58.6. The van der Waals surface area contributed by atoms with Crippen LogP contribution in [0, 0.1) is 6.92 Å². The van der Waals surface area contributed by atoms with Crippen LogP contribution < -0.4 is 10.0 Å². The van der Waals surface area contributed by atoms with Gasteiger partial charge in [0.15, 0.2) is 0 Å². The zero-order valence-electron chi connectivity index (χ0n) is 28.3. The largest absolute Gasteiger partial charge is 0.251 e. The molecule has 52 heavy (non-hydrogen) atoms. The van der Waals surface area contributed by atoms with Gasteiger partial charge in [-0.25, -0.2) is 20.0 Å². The normalized spacial score (nSPS) is 12.6. The average molecular weight is 683 g/mol. The van der Waals surface area contributed by atoms with Crippen molar-refractivity contribution in [3.63, 3.8) is 0 Å². The predicted molar refractivity (Wildman–Crippen MR) is 220 cm³/mol. The first kappa shape index (κ1) is 29.2. The molecule has 0 N–H and O–H groups in total. The average Bonchev–Trinajstić information content (AvgIpc) is 3.60. The number of nitrogens with zero attached hydrogens (tertiary/aromatic N) is 4. The molecule has 0 spiro atoms. The molecule has 5 heteroatoms. The van der Waals surface area contributed by atoms with Gasteiger partial charge in [0.05, 0.1) is 33.0 Å². The first-order valence-corrected chi connectivity index (χ1v) is 18.4. The minimum atomic E-state index is 0.624. The van der Waals surface area contributed by atoms with E-state index in [9.17, 15) is 0 Å². The molecule has 4 nitrogen and oxygen atoms in total. The van der Waals surface area contributed by atoms with Gasteiger partial charge in [0, 0.05) is 37.5 Å². The van der Waals surface area contributed by atoms with E-state index >= 15 is 0 Å². The number of hydrazine groups is 1. The lowest BCUT2D eigenvalue weighted by Crippen LogP contribution is -2.40. The molecule has 0 saturated heterocycles. The highest BCUT2D eigenvalue weighted by Gasteiger charge is 2.38. The Hall–Kier alpha value is -6.56. The first-order valence-electron chi connectivity index (χ1n) is 17.6. The number of fused-ring (bicyclic) bond motifs is 13. The first-order chi connectivity index (χ1) is 25.7. The van der Waals surface area contributed by atoms with Crippen LogP contribution in [0.3, 0.4) is 0 Å². The second-order valence-electron chi connectivity index (χ2n) is 13.4. The quantitative estimate of drug-likeness (QED) is 0.186. The smallest absolute Gasteiger partial charge is 0.246 e. The number of anilines is 4. The summed E-state index contributed by atoms with van der Waals surface area (Å²) in [5.74, 6) is 0.624. The Bertz CT molecular complexity index is 3040. The van der Waals surface area contributed by atoms with Gasteiger partial charge in [0.2, 0.25) is 0 Å². The molecule has 0 amide bonds. The van der Waals surface area contributed by atoms with Gasteiger partial charge in [0.1, 0.15) is 0 Å². The molecule has 244 valence electrons.